The summed E-state index contributed by atoms with van der Waals surface area (Å²) in [6.45, 7) is 8.16. The number of carbonyl (C=O) groups is 1. The van der Waals surface area contributed by atoms with Crippen molar-refractivity contribution in [3.63, 3.8) is 0 Å². The number of carbonyl (C=O) groups excluding carboxylic acids is 1. The van der Waals surface area contributed by atoms with Crippen LogP contribution in [0.2, 0.25) is 0 Å². The standard InChI is InChI=1S/C21H22N2O/c1-5-16-6-8-17(9-7-16)21(24)23-19-12-15(4)22-20-14(3)10-13(2)11-18(19)20/h6-12H,5H2,1-4H3,(H,22,23,24). The number of amides is 1. The molecule has 0 radical (unpaired) electrons. The van der Waals surface area contributed by atoms with Gasteiger partial charge >= 0.3 is 0 Å². The molecule has 0 unspecified atom stereocenters. The summed E-state index contributed by atoms with van der Waals surface area (Å²) in [4.78, 5) is 17.2. The minimum atomic E-state index is -0.0938. The van der Waals surface area contributed by atoms with E-state index in [9.17, 15) is 4.79 Å². The minimum Gasteiger partial charge on any atom is -0.321 e. The number of pyridine rings is 1. The van der Waals surface area contributed by atoms with E-state index in [0.29, 0.717) is 5.56 Å². The van der Waals surface area contributed by atoms with E-state index in [-0.39, 0.29) is 5.91 Å². The molecule has 122 valence electrons. The number of rotatable bonds is 3. The zero-order valence-electron chi connectivity index (χ0n) is 14.6. The van der Waals surface area contributed by atoms with Crippen LogP contribution >= 0.6 is 0 Å². The van der Waals surface area contributed by atoms with Gasteiger partial charge in [0, 0.05) is 16.6 Å². The predicted molar refractivity (Wildman–Crippen MR) is 99.7 cm³/mol. The molecule has 0 aliphatic carbocycles. The molecule has 0 aliphatic heterocycles. The van der Waals surface area contributed by atoms with Gasteiger partial charge in [-0.1, -0.05) is 30.7 Å². The normalized spacial score (nSPS) is 10.8. The third-order valence-electron chi connectivity index (χ3n) is 4.25. The highest BCUT2D eigenvalue weighted by Gasteiger charge is 2.11. The van der Waals surface area contributed by atoms with Gasteiger partial charge in [0.05, 0.1) is 11.2 Å². The molecule has 3 heteroatoms. The Bertz CT molecular complexity index is 911. The average molecular weight is 318 g/mol. The lowest BCUT2D eigenvalue weighted by Crippen LogP contribution is -2.12. The molecule has 0 spiro atoms. The SMILES string of the molecule is CCc1ccc(C(=O)Nc2cc(C)nc3c(C)cc(C)cc23)cc1. The van der Waals surface area contributed by atoms with E-state index in [4.69, 9.17) is 0 Å². The first-order chi connectivity index (χ1) is 11.5. The zero-order valence-corrected chi connectivity index (χ0v) is 14.6. The number of aryl methyl sites for hydroxylation is 4. The van der Waals surface area contributed by atoms with Gasteiger partial charge in [-0.05, 0) is 62.6 Å². The summed E-state index contributed by atoms with van der Waals surface area (Å²) in [7, 11) is 0. The van der Waals surface area contributed by atoms with Gasteiger partial charge in [-0.3, -0.25) is 9.78 Å². The van der Waals surface area contributed by atoms with Gasteiger partial charge < -0.3 is 5.32 Å². The molecule has 24 heavy (non-hydrogen) atoms. The molecule has 0 saturated heterocycles. The second-order valence-electron chi connectivity index (χ2n) is 6.29. The van der Waals surface area contributed by atoms with E-state index in [1.54, 1.807) is 0 Å². The fourth-order valence-electron chi connectivity index (χ4n) is 3.00. The molecule has 0 fully saturated rings. The van der Waals surface area contributed by atoms with Gasteiger partial charge in [0.2, 0.25) is 0 Å². The number of nitrogens with zero attached hydrogens (tertiary/aromatic N) is 1. The van der Waals surface area contributed by atoms with Crippen LogP contribution in [0.3, 0.4) is 0 Å². The number of nitrogens with one attached hydrogen (secondary N) is 1. The number of aromatic nitrogens is 1. The number of anilines is 1. The molecule has 3 nitrogen and oxygen atoms in total. The zero-order chi connectivity index (χ0) is 17.3. The van der Waals surface area contributed by atoms with E-state index in [1.807, 2.05) is 37.3 Å². The van der Waals surface area contributed by atoms with Crippen molar-refractivity contribution in [2.24, 2.45) is 0 Å². The molecule has 3 rings (SSSR count). The Balaban J connectivity index is 2.01. The lowest BCUT2D eigenvalue weighted by Gasteiger charge is -2.12. The van der Waals surface area contributed by atoms with Gasteiger partial charge in [0.15, 0.2) is 0 Å². The molecule has 0 aliphatic rings. The Labute approximate surface area is 142 Å². The smallest absolute Gasteiger partial charge is 0.255 e. The summed E-state index contributed by atoms with van der Waals surface area (Å²) in [5, 5.41) is 4.04. The highest BCUT2D eigenvalue weighted by Crippen LogP contribution is 2.27. The van der Waals surface area contributed by atoms with Crippen molar-refractivity contribution in [2.45, 2.75) is 34.1 Å². The highest BCUT2D eigenvalue weighted by atomic mass is 16.1. The number of benzene rings is 2. The van der Waals surface area contributed by atoms with Crippen LogP contribution in [0.4, 0.5) is 5.69 Å². The Morgan fingerprint density at radius 2 is 1.75 bits per heavy atom. The van der Waals surface area contributed by atoms with Crippen LogP contribution in [0.1, 0.15) is 39.7 Å². The third kappa shape index (κ3) is 3.16. The number of hydrogen-bond acceptors (Lipinski definition) is 2. The first kappa shape index (κ1) is 16.2. The molecular formula is C21H22N2O. The topological polar surface area (TPSA) is 42.0 Å². The van der Waals surface area contributed by atoms with Crippen molar-refractivity contribution in [1.29, 1.82) is 0 Å². The Hall–Kier alpha value is -2.68. The van der Waals surface area contributed by atoms with Crippen LogP contribution in [0, 0.1) is 20.8 Å². The second-order valence-corrected chi connectivity index (χ2v) is 6.29. The lowest BCUT2D eigenvalue weighted by molar-refractivity contribution is 0.102. The van der Waals surface area contributed by atoms with Crippen molar-refractivity contribution in [1.82, 2.24) is 4.98 Å². The Kier molecular flexibility index (Phi) is 4.34. The third-order valence-corrected chi connectivity index (χ3v) is 4.25. The van der Waals surface area contributed by atoms with Crippen molar-refractivity contribution < 1.29 is 4.79 Å². The van der Waals surface area contributed by atoms with E-state index in [1.165, 1.54) is 5.56 Å². The van der Waals surface area contributed by atoms with Crippen molar-refractivity contribution in [2.75, 3.05) is 5.32 Å². The van der Waals surface area contributed by atoms with Gasteiger partial charge in [-0.2, -0.15) is 0 Å². The summed E-state index contributed by atoms with van der Waals surface area (Å²) < 4.78 is 0. The van der Waals surface area contributed by atoms with Gasteiger partial charge in [-0.15, -0.1) is 0 Å². The van der Waals surface area contributed by atoms with Crippen LogP contribution in [0.5, 0.6) is 0 Å². The van der Waals surface area contributed by atoms with E-state index < -0.39 is 0 Å². The van der Waals surface area contributed by atoms with E-state index in [2.05, 4.69) is 43.2 Å². The summed E-state index contributed by atoms with van der Waals surface area (Å²) in [5.74, 6) is -0.0938. The monoisotopic (exact) mass is 318 g/mol. The molecule has 3 aromatic rings. The van der Waals surface area contributed by atoms with Crippen LogP contribution in [0.15, 0.2) is 42.5 Å². The number of fused-ring (bicyclic) bond motifs is 1. The molecule has 1 N–H and O–H groups in total. The predicted octanol–water partition coefficient (Wildman–Crippen LogP) is 4.97. The van der Waals surface area contributed by atoms with Crippen molar-refractivity contribution in [3.05, 3.63) is 70.4 Å². The van der Waals surface area contributed by atoms with E-state index >= 15 is 0 Å². The van der Waals surface area contributed by atoms with Crippen LogP contribution in [-0.2, 0) is 6.42 Å². The Morgan fingerprint density at radius 1 is 1.04 bits per heavy atom. The Morgan fingerprint density at radius 3 is 2.42 bits per heavy atom. The molecular weight excluding hydrogens is 296 g/mol. The van der Waals surface area contributed by atoms with Crippen LogP contribution < -0.4 is 5.32 Å². The van der Waals surface area contributed by atoms with E-state index in [0.717, 1.165) is 39.8 Å². The molecule has 2 aromatic carbocycles. The van der Waals surface area contributed by atoms with Gasteiger partial charge in [-0.25, -0.2) is 0 Å². The summed E-state index contributed by atoms with van der Waals surface area (Å²) in [5.41, 5.74) is 6.82. The molecule has 0 bridgehead atoms. The highest BCUT2D eigenvalue weighted by molar-refractivity contribution is 6.09. The maximum absolute atomic E-state index is 12.6. The first-order valence-electron chi connectivity index (χ1n) is 8.27. The maximum atomic E-state index is 12.6. The fraction of sp³-hybridized carbons (Fsp3) is 0.238. The second kappa shape index (κ2) is 6.44. The maximum Gasteiger partial charge on any atom is 0.255 e. The fourth-order valence-corrected chi connectivity index (χ4v) is 3.00. The number of hydrogen-bond donors (Lipinski definition) is 1. The first-order valence-corrected chi connectivity index (χ1v) is 8.27. The summed E-state index contributed by atoms with van der Waals surface area (Å²) in [6, 6.07) is 13.9. The molecule has 0 saturated carbocycles. The van der Waals surface area contributed by atoms with Crippen LogP contribution in [0.25, 0.3) is 10.9 Å². The molecule has 0 atom stereocenters. The summed E-state index contributed by atoms with van der Waals surface area (Å²) in [6.07, 6.45) is 0.967. The van der Waals surface area contributed by atoms with Gasteiger partial charge in [0.25, 0.3) is 5.91 Å². The molecule has 1 heterocycles. The quantitative estimate of drug-likeness (QED) is 0.740. The largest absolute Gasteiger partial charge is 0.321 e. The summed E-state index contributed by atoms with van der Waals surface area (Å²) >= 11 is 0. The average Bonchev–Trinajstić information content (AvgIpc) is 2.56. The lowest BCUT2D eigenvalue weighted by atomic mass is 10.0. The molecule has 1 amide bonds. The van der Waals surface area contributed by atoms with Gasteiger partial charge in [0.1, 0.15) is 0 Å². The van der Waals surface area contributed by atoms with Crippen LogP contribution in [-0.4, -0.2) is 10.9 Å². The minimum absolute atomic E-state index is 0.0938. The van der Waals surface area contributed by atoms with Crippen molar-refractivity contribution >= 4 is 22.5 Å². The molecule has 1 aromatic heterocycles. The van der Waals surface area contributed by atoms with Crippen molar-refractivity contribution in [3.8, 4) is 0 Å².